The molecule has 0 saturated carbocycles. The molecule has 0 aliphatic heterocycles. The molecular formula is C25H16ClN3O4. The number of imidazole rings is 1. The summed E-state index contributed by atoms with van der Waals surface area (Å²) in [6.07, 6.45) is 0. The summed E-state index contributed by atoms with van der Waals surface area (Å²) in [5.74, 6) is -1.50. The van der Waals surface area contributed by atoms with Crippen LogP contribution < -0.4 is 0 Å². The number of ketones is 1. The first-order chi connectivity index (χ1) is 16.0. The number of nitriles is 1. The number of nitrogens with zero attached hydrogens (tertiary/aromatic N) is 2. The van der Waals surface area contributed by atoms with Crippen LogP contribution in [0.25, 0.3) is 16.6 Å². The monoisotopic (exact) mass is 457 g/mol. The Labute approximate surface area is 193 Å². The molecule has 3 aromatic carbocycles. The molecule has 2 N–H and O–H groups in total. The second kappa shape index (κ2) is 9.39. The molecule has 0 aliphatic carbocycles. The highest BCUT2D eigenvalue weighted by molar-refractivity contribution is 6.30. The summed E-state index contributed by atoms with van der Waals surface area (Å²) >= 11 is 5.88. The van der Waals surface area contributed by atoms with Crippen molar-refractivity contribution in [2.24, 2.45) is 0 Å². The van der Waals surface area contributed by atoms with E-state index in [1.165, 1.54) is 12.1 Å². The lowest BCUT2D eigenvalue weighted by Crippen LogP contribution is -2.14. The van der Waals surface area contributed by atoms with Gasteiger partial charge in [0.2, 0.25) is 0 Å². The Morgan fingerprint density at radius 1 is 1.00 bits per heavy atom. The van der Waals surface area contributed by atoms with Gasteiger partial charge < -0.3 is 14.8 Å². The van der Waals surface area contributed by atoms with Crippen molar-refractivity contribution in [1.29, 1.82) is 5.26 Å². The zero-order chi connectivity index (χ0) is 23.4. The van der Waals surface area contributed by atoms with Gasteiger partial charge in [0.15, 0.2) is 17.4 Å². The number of carbonyl (C=O) groups excluding carboxylic acids is 2. The van der Waals surface area contributed by atoms with Crippen molar-refractivity contribution in [2.45, 2.75) is 0 Å². The molecule has 1 heterocycles. The second-order valence-corrected chi connectivity index (χ2v) is 7.43. The van der Waals surface area contributed by atoms with Crippen molar-refractivity contribution in [2.75, 3.05) is 6.61 Å². The summed E-state index contributed by atoms with van der Waals surface area (Å²) in [4.78, 5) is 32.8. The Kier molecular flexibility index (Phi) is 6.20. The van der Waals surface area contributed by atoms with Crippen LogP contribution in [0.15, 0.2) is 78.6 Å². The summed E-state index contributed by atoms with van der Waals surface area (Å²) in [7, 11) is 0. The molecule has 4 aromatic rings. The SMILES string of the molecule is N#C/C(=C(\O)COC(=O)c1ccccc1C(=O)c1ccc(Cl)cc1)c1nc2ccccc2[nH]1. The topological polar surface area (TPSA) is 116 Å². The quantitative estimate of drug-likeness (QED) is 0.180. The second-order valence-electron chi connectivity index (χ2n) is 6.99. The lowest BCUT2D eigenvalue weighted by atomic mass is 9.98. The van der Waals surface area contributed by atoms with Gasteiger partial charge in [-0.2, -0.15) is 5.26 Å². The van der Waals surface area contributed by atoms with E-state index in [0.29, 0.717) is 21.6 Å². The van der Waals surface area contributed by atoms with E-state index in [2.05, 4.69) is 9.97 Å². The Hall–Kier alpha value is -4.41. The molecule has 0 aliphatic rings. The lowest BCUT2D eigenvalue weighted by Gasteiger charge is -2.09. The Balaban J connectivity index is 1.55. The number of aliphatic hydroxyl groups excluding tert-OH is 1. The van der Waals surface area contributed by atoms with Gasteiger partial charge in [-0.3, -0.25) is 4.79 Å². The van der Waals surface area contributed by atoms with Crippen LogP contribution in [0.1, 0.15) is 32.1 Å². The van der Waals surface area contributed by atoms with Crippen LogP contribution in [0, 0.1) is 11.3 Å². The van der Waals surface area contributed by atoms with Gasteiger partial charge in [0.25, 0.3) is 0 Å². The molecule has 4 rings (SSSR count). The maximum absolute atomic E-state index is 12.9. The number of carbonyl (C=O) groups is 2. The molecule has 0 radical (unpaired) electrons. The first-order valence-electron chi connectivity index (χ1n) is 9.81. The average Bonchev–Trinajstić information content (AvgIpc) is 3.26. The molecule has 0 fully saturated rings. The third kappa shape index (κ3) is 4.61. The Morgan fingerprint density at radius 2 is 1.67 bits per heavy atom. The van der Waals surface area contributed by atoms with E-state index in [-0.39, 0.29) is 28.3 Å². The van der Waals surface area contributed by atoms with Crippen molar-refractivity contribution in [3.63, 3.8) is 0 Å². The van der Waals surface area contributed by atoms with Gasteiger partial charge in [-0.15, -0.1) is 0 Å². The van der Waals surface area contributed by atoms with Crippen LogP contribution in [-0.2, 0) is 4.74 Å². The molecule has 0 atom stereocenters. The number of aliphatic hydroxyl groups is 1. The summed E-state index contributed by atoms with van der Waals surface area (Å²) in [6, 6.07) is 21.5. The van der Waals surface area contributed by atoms with Gasteiger partial charge in [0.05, 0.1) is 16.6 Å². The van der Waals surface area contributed by atoms with Gasteiger partial charge in [0.1, 0.15) is 18.2 Å². The highest BCUT2D eigenvalue weighted by Gasteiger charge is 2.21. The fourth-order valence-electron chi connectivity index (χ4n) is 3.23. The van der Waals surface area contributed by atoms with Crippen molar-refractivity contribution in [3.8, 4) is 6.07 Å². The number of para-hydroxylation sites is 2. The van der Waals surface area contributed by atoms with E-state index in [1.54, 1.807) is 54.6 Å². The Bertz CT molecular complexity index is 1400. The van der Waals surface area contributed by atoms with Crippen LogP contribution in [0.2, 0.25) is 5.02 Å². The maximum Gasteiger partial charge on any atom is 0.339 e. The minimum absolute atomic E-state index is 0.0347. The molecule has 0 unspecified atom stereocenters. The molecule has 0 amide bonds. The van der Waals surface area contributed by atoms with E-state index in [4.69, 9.17) is 16.3 Å². The predicted molar refractivity (Wildman–Crippen MR) is 123 cm³/mol. The number of aromatic nitrogens is 2. The summed E-state index contributed by atoms with van der Waals surface area (Å²) < 4.78 is 5.20. The smallest absolute Gasteiger partial charge is 0.339 e. The molecule has 0 spiro atoms. The number of hydrogen-bond donors (Lipinski definition) is 2. The third-order valence-corrected chi connectivity index (χ3v) is 5.12. The molecule has 0 bridgehead atoms. The van der Waals surface area contributed by atoms with Gasteiger partial charge in [-0.1, -0.05) is 41.9 Å². The average molecular weight is 458 g/mol. The van der Waals surface area contributed by atoms with Crippen LogP contribution >= 0.6 is 11.6 Å². The summed E-state index contributed by atoms with van der Waals surface area (Å²) in [5.41, 5.74) is 1.71. The Morgan fingerprint density at radius 3 is 2.36 bits per heavy atom. The number of allylic oxidation sites excluding steroid dienone is 1. The van der Waals surface area contributed by atoms with Crippen molar-refractivity contribution in [3.05, 3.63) is 106 Å². The van der Waals surface area contributed by atoms with Gasteiger partial charge in [0, 0.05) is 16.1 Å². The highest BCUT2D eigenvalue weighted by Crippen LogP contribution is 2.21. The van der Waals surface area contributed by atoms with Crippen LogP contribution in [0.3, 0.4) is 0 Å². The third-order valence-electron chi connectivity index (χ3n) is 4.86. The van der Waals surface area contributed by atoms with Crippen LogP contribution in [-0.4, -0.2) is 33.4 Å². The minimum atomic E-state index is -0.818. The van der Waals surface area contributed by atoms with Gasteiger partial charge in [-0.05, 0) is 42.5 Å². The lowest BCUT2D eigenvalue weighted by molar-refractivity contribution is 0.0500. The predicted octanol–water partition coefficient (Wildman–Crippen LogP) is 5.10. The summed E-state index contributed by atoms with van der Waals surface area (Å²) in [6.45, 7) is -0.567. The number of nitrogens with one attached hydrogen (secondary N) is 1. The van der Waals surface area contributed by atoms with E-state index < -0.39 is 18.3 Å². The largest absolute Gasteiger partial charge is 0.507 e. The summed E-state index contributed by atoms with van der Waals surface area (Å²) in [5, 5.41) is 20.4. The van der Waals surface area contributed by atoms with E-state index in [0.717, 1.165) is 0 Å². The van der Waals surface area contributed by atoms with E-state index >= 15 is 0 Å². The first-order valence-corrected chi connectivity index (χ1v) is 10.2. The number of benzene rings is 3. The zero-order valence-electron chi connectivity index (χ0n) is 17.1. The number of aromatic amines is 1. The normalized spacial score (nSPS) is 11.5. The van der Waals surface area contributed by atoms with Gasteiger partial charge >= 0.3 is 5.97 Å². The molecule has 1 aromatic heterocycles. The molecule has 7 nitrogen and oxygen atoms in total. The number of ether oxygens (including phenoxy) is 1. The highest BCUT2D eigenvalue weighted by atomic mass is 35.5. The number of H-pyrrole nitrogens is 1. The van der Waals surface area contributed by atoms with Crippen molar-refractivity contribution >= 4 is 40.0 Å². The number of esters is 1. The van der Waals surface area contributed by atoms with Crippen LogP contribution in [0.4, 0.5) is 0 Å². The molecule has 162 valence electrons. The van der Waals surface area contributed by atoms with Gasteiger partial charge in [-0.25, -0.2) is 9.78 Å². The van der Waals surface area contributed by atoms with E-state index in [9.17, 15) is 20.0 Å². The number of fused-ring (bicyclic) bond motifs is 1. The minimum Gasteiger partial charge on any atom is -0.507 e. The number of halogens is 1. The van der Waals surface area contributed by atoms with E-state index in [1.807, 2.05) is 12.1 Å². The molecule has 8 heteroatoms. The van der Waals surface area contributed by atoms with Crippen LogP contribution in [0.5, 0.6) is 0 Å². The fourth-order valence-corrected chi connectivity index (χ4v) is 3.35. The molecular weight excluding hydrogens is 442 g/mol. The van der Waals surface area contributed by atoms with Crippen molar-refractivity contribution < 1.29 is 19.4 Å². The molecule has 33 heavy (non-hydrogen) atoms. The first kappa shape index (κ1) is 21.8. The molecule has 0 saturated heterocycles. The fraction of sp³-hybridized carbons (Fsp3) is 0.0400. The van der Waals surface area contributed by atoms with Crippen molar-refractivity contribution in [1.82, 2.24) is 9.97 Å². The number of hydrogen-bond acceptors (Lipinski definition) is 6. The zero-order valence-corrected chi connectivity index (χ0v) is 17.8. The number of rotatable bonds is 6. The maximum atomic E-state index is 12.9. The standard InChI is InChI=1S/C25H16ClN3O4/c26-16-11-9-15(10-12-16)23(31)17-5-1-2-6-18(17)25(32)33-14-22(30)19(13-27)24-28-20-7-3-4-8-21(20)29-24/h1-12,30H,14H2,(H,28,29)/b22-19+.